The fourth-order valence-electron chi connectivity index (χ4n) is 2.83. The molecule has 0 atom stereocenters. The highest BCUT2D eigenvalue weighted by atomic mass is 127. The average molecular weight is 376 g/mol. The normalized spacial score (nSPS) is 19.4. The fraction of sp³-hybridized carbons (Fsp3) is 0.600. The molecule has 1 aliphatic carbocycles. The van der Waals surface area contributed by atoms with Crippen molar-refractivity contribution >= 4 is 34.0 Å². The molecular weight excluding hydrogens is 354 g/mol. The van der Waals surface area contributed by atoms with Gasteiger partial charge < -0.3 is 10.6 Å². The first-order valence-electron chi connectivity index (χ1n) is 6.77. The van der Waals surface area contributed by atoms with Gasteiger partial charge in [0, 0.05) is 19.2 Å². The van der Waals surface area contributed by atoms with Gasteiger partial charge in [0.1, 0.15) is 5.82 Å². The van der Waals surface area contributed by atoms with Gasteiger partial charge in [0.15, 0.2) is 0 Å². The van der Waals surface area contributed by atoms with Crippen molar-refractivity contribution in [1.82, 2.24) is 0 Å². The Morgan fingerprint density at radius 3 is 2.47 bits per heavy atom. The molecule has 0 spiro atoms. The highest BCUT2D eigenvalue weighted by molar-refractivity contribution is 14.1. The van der Waals surface area contributed by atoms with E-state index in [1.165, 1.54) is 12.8 Å². The summed E-state index contributed by atoms with van der Waals surface area (Å²) in [6, 6.07) is 3.75. The zero-order valence-corrected chi connectivity index (χ0v) is 14.0. The van der Waals surface area contributed by atoms with E-state index >= 15 is 0 Å². The highest BCUT2D eigenvalue weighted by Gasteiger charge is 2.29. The lowest BCUT2D eigenvalue weighted by atomic mass is 9.75. The third-order valence-corrected chi connectivity index (χ3v) is 5.13. The van der Waals surface area contributed by atoms with Crippen LogP contribution in [0.1, 0.15) is 39.5 Å². The first kappa shape index (κ1) is 14.9. The third-order valence-electron chi connectivity index (χ3n) is 4.31. The summed E-state index contributed by atoms with van der Waals surface area (Å²) in [5.41, 5.74) is 7.97. The van der Waals surface area contributed by atoms with Crippen molar-refractivity contribution < 1.29 is 4.39 Å². The van der Waals surface area contributed by atoms with Crippen molar-refractivity contribution in [2.75, 3.05) is 17.7 Å². The molecule has 0 heterocycles. The topological polar surface area (TPSA) is 29.3 Å². The van der Waals surface area contributed by atoms with Gasteiger partial charge >= 0.3 is 0 Å². The van der Waals surface area contributed by atoms with Gasteiger partial charge in [-0.2, -0.15) is 0 Å². The van der Waals surface area contributed by atoms with E-state index in [4.69, 9.17) is 5.73 Å². The molecule has 1 aromatic rings. The van der Waals surface area contributed by atoms with Crippen molar-refractivity contribution in [3.05, 3.63) is 21.5 Å². The molecule has 0 bridgehead atoms. The van der Waals surface area contributed by atoms with E-state index in [1.807, 2.05) is 29.6 Å². The molecule has 4 heteroatoms. The van der Waals surface area contributed by atoms with E-state index in [0.29, 0.717) is 20.7 Å². The summed E-state index contributed by atoms with van der Waals surface area (Å²) in [7, 11) is 2.03. The van der Waals surface area contributed by atoms with Crippen LogP contribution in [0.3, 0.4) is 0 Å². The molecule has 19 heavy (non-hydrogen) atoms. The summed E-state index contributed by atoms with van der Waals surface area (Å²) < 4.78 is 14.3. The van der Waals surface area contributed by atoms with E-state index in [0.717, 1.165) is 18.5 Å². The number of nitrogens with two attached hydrogens (primary N) is 1. The summed E-state index contributed by atoms with van der Waals surface area (Å²) in [6.45, 7) is 4.64. The Bertz CT molecular complexity index is 463. The molecule has 0 aliphatic heterocycles. The van der Waals surface area contributed by atoms with Crippen LogP contribution in [0.5, 0.6) is 0 Å². The first-order valence-corrected chi connectivity index (χ1v) is 7.85. The number of nitrogens with zero attached hydrogens (tertiary/aromatic N) is 1. The van der Waals surface area contributed by atoms with Gasteiger partial charge in [-0.25, -0.2) is 4.39 Å². The molecule has 0 radical (unpaired) electrons. The van der Waals surface area contributed by atoms with Gasteiger partial charge in [0.05, 0.1) is 14.9 Å². The van der Waals surface area contributed by atoms with Gasteiger partial charge in [-0.15, -0.1) is 0 Å². The quantitative estimate of drug-likeness (QED) is 0.612. The second-order valence-corrected chi connectivity index (χ2v) is 7.49. The zero-order valence-electron chi connectivity index (χ0n) is 11.8. The maximum Gasteiger partial charge on any atom is 0.138 e. The van der Waals surface area contributed by atoms with E-state index in [2.05, 4.69) is 18.7 Å². The van der Waals surface area contributed by atoms with Gasteiger partial charge in [-0.05, 0) is 59.8 Å². The summed E-state index contributed by atoms with van der Waals surface area (Å²) in [5, 5.41) is 0. The minimum absolute atomic E-state index is 0.187. The molecule has 1 fully saturated rings. The van der Waals surface area contributed by atoms with Crippen LogP contribution in [0.4, 0.5) is 15.8 Å². The molecule has 2 N–H and O–H groups in total. The third kappa shape index (κ3) is 3.33. The van der Waals surface area contributed by atoms with Gasteiger partial charge in [0.2, 0.25) is 0 Å². The SMILES string of the molecule is CN(c1cc(F)c(I)cc1N)C1CCC(C)(C)CC1. The molecule has 0 unspecified atom stereocenters. The standard InChI is InChI=1S/C15H22FIN2/c1-15(2)6-4-10(5-7-15)19(3)14-8-11(16)12(17)9-13(14)18/h8-10H,4-7,18H2,1-3H3. The Labute approximate surface area is 128 Å². The zero-order chi connectivity index (χ0) is 14.2. The van der Waals surface area contributed by atoms with Crippen LogP contribution in [0.2, 0.25) is 0 Å². The Morgan fingerprint density at radius 1 is 1.32 bits per heavy atom. The lowest BCUT2D eigenvalue weighted by Gasteiger charge is -2.40. The molecule has 2 nitrogen and oxygen atoms in total. The second-order valence-electron chi connectivity index (χ2n) is 6.33. The molecular formula is C15H22FIN2. The fourth-order valence-corrected chi connectivity index (χ4v) is 3.32. The van der Waals surface area contributed by atoms with Gasteiger partial charge in [0.25, 0.3) is 0 Å². The maximum atomic E-state index is 13.7. The maximum absolute atomic E-state index is 13.7. The molecule has 1 aliphatic rings. The number of halogens is 2. The van der Waals surface area contributed by atoms with Crippen LogP contribution < -0.4 is 10.6 Å². The van der Waals surface area contributed by atoms with Crippen molar-refractivity contribution in [1.29, 1.82) is 0 Å². The van der Waals surface area contributed by atoms with Crippen molar-refractivity contribution in [2.24, 2.45) is 5.41 Å². The Kier molecular flexibility index (Phi) is 4.28. The van der Waals surface area contributed by atoms with Crippen LogP contribution in [0.15, 0.2) is 12.1 Å². The van der Waals surface area contributed by atoms with Crippen molar-refractivity contribution in [2.45, 2.75) is 45.6 Å². The number of rotatable bonds is 2. The van der Waals surface area contributed by atoms with Gasteiger partial charge in [-0.1, -0.05) is 13.8 Å². The molecule has 1 saturated carbocycles. The first-order chi connectivity index (χ1) is 8.80. The molecule has 0 amide bonds. The Balaban J connectivity index is 2.16. The van der Waals surface area contributed by atoms with Crippen molar-refractivity contribution in [3.8, 4) is 0 Å². The second kappa shape index (κ2) is 5.46. The van der Waals surface area contributed by atoms with Gasteiger partial charge in [-0.3, -0.25) is 0 Å². The van der Waals surface area contributed by atoms with E-state index in [9.17, 15) is 4.39 Å². The molecule has 0 saturated heterocycles. The number of benzene rings is 1. The number of nitrogen functional groups attached to an aromatic ring is 1. The minimum atomic E-state index is -0.187. The lowest BCUT2D eigenvalue weighted by Crippen LogP contribution is -2.37. The number of hydrogen-bond donors (Lipinski definition) is 1. The number of anilines is 2. The predicted molar refractivity (Wildman–Crippen MR) is 88.0 cm³/mol. The van der Waals surface area contributed by atoms with Crippen LogP contribution in [0.25, 0.3) is 0 Å². The Morgan fingerprint density at radius 2 is 1.89 bits per heavy atom. The summed E-state index contributed by atoms with van der Waals surface area (Å²) >= 11 is 1.98. The van der Waals surface area contributed by atoms with Crippen LogP contribution in [-0.2, 0) is 0 Å². The largest absolute Gasteiger partial charge is 0.397 e. The molecule has 106 valence electrons. The van der Waals surface area contributed by atoms with E-state index in [-0.39, 0.29) is 5.82 Å². The molecule has 1 aromatic carbocycles. The van der Waals surface area contributed by atoms with E-state index in [1.54, 1.807) is 12.1 Å². The molecule has 0 aromatic heterocycles. The average Bonchev–Trinajstić information content (AvgIpc) is 2.33. The number of hydrogen-bond acceptors (Lipinski definition) is 2. The molecule has 2 rings (SSSR count). The van der Waals surface area contributed by atoms with Crippen LogP contribution >= 0.6 is 22.6 Å². The summed E-state index contributed by atoms with van der Waals surface area (Å²) in [6.07, 6.45) is 4.73. The van der Waals surface area contributed by atoms with E-state index < -0.39 is 0 Å². The Hall–Kier alpha value is -0.520. The summed E-state index contributed by atoms with van der Waals surface area (Å²) in [4.78, 5) is 2.16. The smallest absolute Gasteiger partial charge is 0.138 e. The minimum Gasteiger partial charge on any atom is -0.397 e. The van der Waals surface area contributed by atoms with Crippen LogP contribution in [0, 0.1) is 14.8 Å². The van der Waals surface area contributed by atoms with Crippen LogP contribution in [-0.4, -0.2) is 13.1 Å². The predicted octanol–water partition coefficient (Wildman–Crippen LogP) is 4.42. The lowest BCUT2D eigenvalue weighted by molar-refractivity contribution is 0.222. The monoisotopic (exact) mass is 376 g/mol. The summed E-state index contributed by atoms with van der Waals surface area (Å²) in [5.74, 6) is -0.187. The highest BCUT2D eigenvalue weighted by Crippen LogP contribution is 2.39. The van der Waals surface area contributed by atoms with Crippen molar-refractivity contribution in [3.63, 3.8) is 0 Å².